The highest BCUT2D eigenvalue weighted by atomic mass is 32.1. The second kappa shape index (κ2) is 9.75. The summed E-state index contributed by atoms with van der Waals surface area (Å²) in [6.07, 6.45) is 2.06. The van der Waals surface area contributed by atoms with Crippen molar-refractivity contribution in [2.75, 3.05) is 17.2 Å². The first-order valence-corrected chi connectivity index (χ1v) is 10.9. The van der Waals surface area contributed by atoms with Crippen LogP contribution in [0.2, 0.25) is 0 Å². The predicted molar refractivity (Wildman–Crippen MR) is 114 cm³/mol. The molecule has 1 atom stereocenters. The van der Waals surface area contributed by atoms with Crippen LogP contribution in [0.3, 0.4) is 0 Å². The molecule has 0 aliphatic heterocycles. The molecule has 1 aliphatic rings. The molecule has 8 heteroatoms. The van der Waals surface area contributed by atoms with Crippen LogP contribution in [0.4, 0.5) is 10.7 Å². The van der Waals surface area contributed by atoms with Crippen LogP contribution in [0, 0.1) is 5.92 Å². The van der Waals surface area contributed by atoms with Crippen molar-refractivity contribution in [1.29, 1.82) is 0 Å². The second-order valence-corrected chi connectivity index (χ2v) is 8.49. The molecule has 0 saturated heterocycles. The molecule has 0 bridgehead atoms. The largest absolute Gasteiger partial charge is 0.550 e. The first-order chi connectivity index (χ1) is 14.4. The van der Waals surface area contributed by atoms with Crippen molar-refractivity contribution >= 4 is 39.8 Å². The highest BCUT2D eigenvalue weighted by Gasteiger charge is 2.28. The number of thiophene rings is 1. The lowest BCUT2D eigenvalue weighted by atomic mass is 9.88. The molecule has 1 aromatic heterocycles. The fraction of sp³-hybridized carbons (Fsp3) is 0.409. The van der Waals surface area contributed by atoms with Gasteiger partial charge in [0.05, 0.1) is 12.2 Å². The lowest BCUT2D eigenvalue weighted by Gasteiger charge is -2.18. The van der Waals surface area contributed by atoms with Gasteiger partial charge in [-0.25, -0.2) is 0 Å². The highest BCUT2D eigenvalue weighted by molar-refractivity contribution is 7.17. The van der Waals surface area contributed by atoms with Crippen LogP contribution in [0.25, 0.3) is 0 Å². The minimum absolute atomic E-state index is 0.193. The summed E-state index contributed by atoms with van der Waals surface area (Å²) in [7, 11) is 0. The van der Waals surface area contributed by atoms with E-state index < -0.39 is 11.9 Å². The minimum atomic E-state index is -1.28. The smallest absolute Gasteiger partial charge is 0.258 e. The Kier molecular flexibility index (Phi) is 7.10. The lowest BCUT2D eigenvalue weighted by molar-refractivity contribution is -0.305. The zero-order chi connectivity index (χ0) is 21.7. The van der Waals surface area contributed by atoms with E-state index in [1.807, 2.05) is 6.92 Å². The quantitative estimate of drug-likeness (QED) is 0.671. The number of fused-ring (bicyclic) bond motifs is 1. The van der Waals surface area contributed by atoms with Crippen LogP contribution in [-0.2, 0) is 22.4 Å². The van der Waals surface area contributed by atoms with Crippen LogP contribution in [0.15, 0.2) is 24.3 Å². The average Bonchev–Trinajstić information content (AvgIpc) is 3.04. The third-order valence-electron chi connectivity index (χ3n) is 4.97. The van der Waals surface area contributed by atoms with Crippen molar-refractivity contribution in [3.8, 4) is 5.75 Å². The summed E-state index contributed by atoms with van der Waals surface area (Å²) in [4.78, 5) is 37.0. The van der Waals surface area contributed by atoms with Gasteiger partial charge in [0.15, 0.2) is 0 Å². The van der Waals surface area contributed by atoms with Crippen LogP contribution < -0.4 is 20.5 Å². The van der Waals surface area contributed by atoms with Gasteiger partial charge >= 0.3 is 0 Å². The SMILES string of the molecule is CCOc1ccc(NC(=O)c2c(NC(=O)CCC(=O)[O-])sc3c2CC[C@H](C)C3)cc1. The van der Waals surface area contributed by atoms with Crippen molar-refractivity contribution in [2.45, 2.75) is 46.0 Å². The molecule has 1 heterocycles. The molecule has 3 rings (SSSR count). The summed E-state index contributed by atoms with van der Waals surface area (Å²) >= 11 is 1.40. The van der Waals surface area contributed by atoms with Gasteiger partial charge in [-0.15, -0.1) is 11.3 Å². The van der Waals surface area contributed by atoms with Gasteiger partial charge in [-0.05, 0) is 68.4 Å². The molecule has 0 saturated carbocycles. The van der Waals surface area contributed by atoms with Gasteiger partial charge < -0.3 is 25.3 Å². The van der Waals surface area contributed by atoms with E-state index in [2.05, 4.69) is 17.6 Å². The zero-order valence-electron chi connectivity index (χ0n) is 17.1. The number of carboxylic acid groups (broad SMARTS) is 1. The van der Waals surface area contributed by atoms with Gasteiger partial charge in [0.2, 0.25) is 5.91 Å². The maximum Gasteiger partial charge on any atom is 0.258 e. The topological polar surface area (TPSA) is 108 Å². The Morgan fingerprint density at radius 3 is 2.57 bits per heavy atom. The van der Waals surface area contributed by atoms with Crippen molar-refractivity contribution < 1.29 is 24.2 Å². The first-order valence-electron chi connectivity index (χ1n) is 10.1. The van der Waals surface area contributed by atoms with Crippen molar-refractivity contribution in [2.24, 2.45) is 5.92 Å². The summed E-state index contributed by atoms with van der Waals surface area (Å²) in [5, 5.41) is 16.7. The molecule has 1 aliphatic carbocycles. The maximum absolute atomic E-state index is 13.1. The number of amides is 2. The molecule has 0 unspecified atom stereocenters. The Morgan fingerprint density at radius 1 is 1.17 bits per heavy atom. The van der Waals surface area contributed by atoms with Crippen molar-refractivity contribution in [3.05, 3.63) is 40.3 Å². The molecule has 2 amide bonds. The number of anilines is 2. The van der Waals surface area contributed by atoms with E-state index in [1.165, 1.54) is 11.3 Å². The molecule has 1 aromatic carbocycles. The van der Waals surface area contributed by atoms with Gasteiger partial charge in [0.1, 0.15) is 10.8 Å². The molecular formula is C22H25N2O5S-. The highest BCUT2D eigenvalue weighted by Crippen LogP contribution is 2.40. The van der Waals surface area contributed by atoms with Gasteiger partial charge in [-0.1, -0.05) is 6.92 Å². The third kappa shape index (κ3) is 5.38. The third-order valence-corrected chi connectivity index (χ3v) is 6.14. The summed E-state index contributed by atoms with van der Waals surface area (Å²) < 4.78 is 5.42. The Bertz CT molecular complexity index is 936. The van der Waals surface area contributed by atoms with Gasteiger partial charge in [0, 0.05) is 23.0 Å². The van der Waals surface area contributed by atoms with Crippen LogP contribution >= 0.6 is 11.3 Å². The zero-order valence-corrected chi connectivity index (χ0v) is 17.9. The van der Waals surface area contributed by atoms with Gasteiger partial charge in [-0.3, -0.25) is 9.59 Å². The fourth-order valence-corrected chi connectivity index (χ4v) is 4.90. The number of aliphatic carboxylic acids is 1. The second-order valence-electron chi connectivity index (χ2n) is 7.39. The Morgan fingerprint density at radius 2 is 1.90 bits per heavy atom. The number of hydrogen-bond acceptors (Lipinski definition) is 6. The Labute approximate surface area is 179 Å². The van der Waals surface area contributed by atoms with E-state index in [9.17, 15) is 19.5 Å². The maximum atomic E-state index is 13.1. The van der Waals surface area contributed by atoms with Crippen molar-refractivity contribution in [3.63, 3.8) is 0 Å². The fourth-order valence-electron chi connectivity index (χ4n) is 3.48. The molecular weight excluding hydrogens is 404 g/mol. The Hall–Kier alpha value is -2.87. The van der Waals surface area contributed by atoms with Crippen LogP contribution in [-0.4, -0.2) is 24.4 Å². The summed E-state index contributed by atoms with van der Waals surface area (Å²) in [5.41, 5.74) is 2.07. The number of benzene rings is 1. The standard InChI is InChI=1S/C22H26N2O5S/c1-3-29-15-7-5-14(6-8-15)23-21(28)20-16-9-4-13(2)12-17(16)30-22(20)24-18(25)10-11-19(26)27/h5-8,13H,3-4,9-12H2,1-2H3,(H,23,28)(H,24,25)(H,26,27)/p-1/t13-/m0/s1. The number of nitrogens with one attached hydrogen (secondary N) is 2. The predicted octanol–water partition coefficient (Wildman–Crippen LogP) is 2.99. The van der Waals surface area contributed by atoms with Gasteiger partial charge in [0.25, 0.3) is 5.91 Å². The van der Waals surface area contributed by atoms with E-state index in [0.29, 0.717) is 28.8 Å². The molecule has 30 heavy (non-hydrogen) atoms. The monoisotopic (exact) mass is 429 g/mol. The summed E-state index contributed by atoms with van der Waals surface area (Å²) in [5.74, 6) is -0.779. The summed E-state index contributed by atoms with van der Waals surface area (Å²) in [6, 6.07) is 7.10. The molecule has 2 N–H and O–H groups in total. The van der Waals surface area contributed by atoms with Crippen molar-refractivity contribution in [1.82, 2.24) is 0 Å². The van der Waals surface area contributed by atoms with E-state index in [1.54, 1.807) is 24.3 Å². The number of carbonyl (C=O) groups is 3. The number of rotatable bonds is 8. The molecule has 0 fully saturated rings. The minimum Gasteiger partial charge on any atom is -0.550 e. The first kappa shape index (κ1) is 21.8. The van der Waals surface area contributed by atoms with E-state index >= 15 is 0 Å². The number of hydrogen-bond donors (Lipinski definition) is 2. The molecule has 2 aromatic rings. The number of carboxylic acids is 1. The van der Waals surface area contributed by atoms with E-state index in [0.717, 1.165) is 35.5 Å². The van der Waals surface area contributed by atoms with Crippen LogP contribution in [0.1, 0.15) is 53.9 Å². The Balaban J connectivity index is 1.82. The molecule has 160 valence electrons. The van der Waals surface area contributed by atoms with Gasteiger partial charge in [-0.2, -0.15) is 0 Å². The molecule has 0 radical (unpaired) electrons. The normalized spacial score (nSPS) is 15.2. The molecule has 7 nitrogen and oxygen atoms in total. The molecule has 0 spiro atoms. The lowest BCUT2D eigenvalue weighted by Crippen LogP contribution is -2.24. The van der Waals surface area contributed by atoms with E-state index in [-0.39, 0.29) is 18.7 Å². The van der Waals surface area contributed by atoms with Crippen LogP contribution in [0.5, 0.6) is 5.75 Å². The number of carbonyl (C=O) groups excluding carboxylic acids is 3. The van der Waals surface area contributed by atoms with E-state index in [4.69, 9.17) is 4.74 Å². The number of ether oxygens (including phenoxy) is 1. The summed E-state index contributed by atoms with van der Waals surface area (Å²) in [6.45, 7) is 4.63. The average molecular weight is 430 g/mol.